The molecule has 0 amide bonds. The van der Waals surface area contributed by atoms with Crippen LogP contribution < -0.4 is 4.90 Å². The van der Waals surface area contributed by atoms with Crippen LogP contribution >= 0.6 is 0 Å². The lowest BCUT2D eigenvalue weighted by Gasteiger charge is -2.26. The molecule has 0 saturated carbocycles. The normalized spacial score (nSPS) is 10.2. The number of hydrogen-bond acceptors (Lipinski definition) is 5. The minimum atomic E-state index is 0.344. The van der Waals surface area contributed by atoms with Crippen LogP contribution in [0.5, 0.6) is 0 Å². The number of pyridine rings is 2. The van der Waals surface area contributed by atoms with Crippen LogP contribution in [0, 0.1) is 22.7 Å². The first-order valence-corrected chi connectivity index (χ1v) is 11.0. The predicted octanol–water partition coefficient (Wildman–Crippen LogP) is 7.02. The van der Waals surface area contributed by atoms with E-state index in [0.717, 1.165) is 39.3 Å². The Labute approximate surface area is 203 Å². The van der Waals surface area contributed by atoms with Gasteiger partial charge < -0.3 is 4.90 Å². The maximum Gasteiger partial charge on any atom is 0.101 e. The van der Waals surface area contributed by atoms with E-state index in [0.29, 0.717) is 11.1 Å². The minimum Gasteiger partial charge on any atom is -0.310 e. The molecule has 0 N–H and O–H groups in total. The van der Waals surface area contributed by atoms with Crippen molar-refractivity contribution in [3.8, 4) is 34.4 Å². The Bertz CT molecular complexity index is 1450. The van der Waals surface area contributed by atoms with Crippen molar-refractivity contribution in [2.45, 2.75) is 0 Å². The quantitative estimate of drug-likeness (QED) is 0.288. The molecule has 35 heavy (non-hydrogen) atoms. The minimum absolute atomic E-state index is 0.344. The first-order chi connectivity index (χ1) is 17.3. The van der Waals surface area contributed by atoms with Crippen LogP contribution in [0.25, 0.3) is 22.3 Å². The molecule has 164 valence electrons. The molecule has 0 unspecified atom stereocenters. The second kappa shape index (κ2) is 9.70. The zero-order valence-electron chi connectivity index (χ0n) is 18.7. The highest BCUT2D eigenvalue weighted by atomic mass is 15.1. The van der Waals surface area contributed by atoms with Gasteiger partial charge in [-0.25, -0.2) is 0 Å². The molecule has 5 nitrogen and oxygen atoms in total. The largest absolute Gasteiger partial charge is 0.310 e. The van der Waals surface area contributed by atoms with E-state index in [2.05, 4.69) is 75.5 Å². The number of nitrogens with zero attached hydrogens (tertiary/aromatic N) is 5. The van der Waals surface area contributed by atoms with Crippen molar-refractivity contribution >= 4 is 17.1 Å². The van der Waals surface area contributed by atoms with E-state index in [9.17, 15) is 10.5 Å². The molecule has 5 aromatic rings. The van der Waals surface area contributed by atoms with E-state index in [1.54, 1.807) is 36.9 Å². The summed E-state index contributed by atoms with van der Waals surface area (Å²) in [4.78, 5) is 10.3. The Balaban J connectivity index is 1.59. The Morgan fingerprint density at radius 1 is 0.457 bits per heavy atom. The molecule has 0 spiro atoms. The van der Waals surface area contributed by atoms with Crippen molar-refractivity contribution in [1.82, 2.24) is 9.97 Å². The maximum absolute atomic E-state index is 9.59. The third kappa shape index (κ3) is 4.48. The average molecular weight is 450 g/mol. The first kappa shape index (κ1) is 21.6. The van der Waals surface area contributed by atoms with Gasteiger partial charge in [-0.2, -0.15) is 10.5 Å². The topological polar surface area (TPSA) is 76.6 Å². The van der Waals surface area contributed by atoms with Crippen molar-refractivity contribution in [2.75, 3.05) is 4.90 Å². The fraction of sp³-hybridized carbons (Fsp3) is 0. The summed E-state index contributed by atoms with van der Waals surface area (Å²) in [7, 11) is 0. The molecule has 0 fully saturated rings. The smallest absolute Gasteiger partial charge is 0.101 e. The van der Waals surface area contributed by atoms with Crippen molar-refractivity contribution in [3.05, 3.63) is 127 Å². The van der Waals surface area contributed by atoms with Crippen LogP contribution in [0.1, 0.15) is 11.1 Å². The van der Waals surface area contributed by atoms with Gasteiger partial charge in [0.2, 0.25) is 0 Å². The number of aromatic nitrogens is 2. The molecule has 2 heterocycles. The van der Waals surface area contributed by atoms with Gasteiger partial charge in [-0.15, -0.1) is 0 Å². The highest BCUT2D eigenvalue weighted by Crippen LogP contribution is 2.37. The highest BCUT2D eigenvalue weighted by molar-refractivity contribution is 5.80. The van der Waals surface area contributed by atoms with Gasteiger partial charge in [0.1, 0.15) is 12.1 Å². The Kier molecular flexibility index (Phi) is 5.98. The lowest BCUT2D eigenvalue weighted by molar-refractivity contribution is 1.27. The number of anilines is 3. The zero-order chi connectivity index (χ0) is 24.0. The Morgan fingerprint density at radius 2 is 0.857 bits per heavy atom. The predicted molar refractivity (Wildman–Crippen MR) is 137 cm³/mol. The standard InChI is InChI=1S/C30H19N5/c31-20-26-5-10-30(19-27(26)21-32)35(28-6-1-22(2-7-28)24-11-15-33-16-12-24)29-8-3-23(4-9-29)25-13-17-34-18-14-25/h1-19H. The molecule has 3 aromatic carbocycles. The van der Waals surface area contributed by atoms with Gasteiger partial charge >= 0.3 is 0 Å². The highest BCUT2D eigenvalue weighted by Gasteiger charge is 2.15. The van der Waals surface area contributed by atoms with Crippen molar-refractivity contribution < 1.29 is 0 Å². The lowest BCUT2D eigenvalue weighted by Crippen LogP contribution is -2.10. The summed E-state index contributed by atoms with van der Waals surface area (Å²) in [5, 5.41) is 19.0. The van der Waals surface area contributed by atoms with Crippen LogP contribution in [0.3, 0.4) is 0 Å². The molecule has 0 atom stereocenters. The molecule has 2 aromatic heterocycles. The van der Waals surface area contributed by atoms with Gasteiger partial charge in [-0.1, -0.05) is 24.3 Å². The van der Waals surface area contributed by atoms with Gasteiger partial charge in [0, 0.05) is 41.8 Å². The summed E-state index contributed by atoms with van der Waals surface area (Å²) in [6, 6.07) is 33.9. The summed E-state index contributed by atoms with van der Waals surface area (Å²) >= 11 is 0. The molecule has 0 aliphatic carbocycles. The molecular weight excluding hydrogens is 430 g/mol. The van der Waals surface area contributed by atoms with Crippen LogP contribution in [0.4, 0.5) is 17.1 Å². The number of rotatable bonds is 5. The van der Waals surface area contributed by atoms with Crippen molar-refractivity contribution in [1.29, 1.82) is 10.5 Å². The van der Waals surface area contributed by atoms with E-state index in [1.165, 1.54) is 0 Å². The summed E-state index contributed by atoms with van der Waals surface area (Å²) in [5.74, 6) is 0. The monoisotopic (exact) mass is 449 g/mol. The average Bonchev–Trinajstić information content (AvgIpc) is 2.95. The second-order valence-electron chi connectivity index (χ2n) is 7.85. The lowest BCUT2D eigenvalue weighted by atomic mass is 10.0. The van der Waals surface area contributed by atoms with E-state index >= 15 is 0 Å². The fourth-order valence-corrected chi connectivity index (χ4v) is 4.00. The molecule has 0 bridgehead atoms. The van der Waals surface area contributed by atoms with Crippen LogP contribution in [0.15, 0.2) is 116 Å². The number of hydrogen-bond donors (Lipinski definition) is 0. The molecule has 5 heteroatoms. The molecule has 0 saturated heterocycles. The van der Waals surface area contributed by atoms with Crippen LogP contribution in [-0.4, -0.2) is 9.97 Å². The van der Waals surface area contributed by atoms with Gasteiger partial charge in [-0.05, 0) is 89.0 Å². The maximum atomic E-state index is 9.59. The van der Waals surface area contributed by atoms with E-state index in [4.69, 9.17) is 0 Å². The molecule has 0 aliphatic heterocycles. The summed E-state index contributed by atoms with van der Waals surface area (Å²) < 4.78 is 0. The summed E-state index contributed by atoms with van der Waals surface area (Å²) in [6.45, 7) is 0. The van der Waals surface area contributed by atoms with Crippen molar-refractivity contribution in [3.63, 3.8) is 0 Å². The molecule has 0 aliphatic rings. The third-order valence-corrected chi connectivity index (χ3v) is 5.78. The number of benzene rings is 3. The molecule has 0 radical (unpaired) electrons. The van der Waals surface area contributed by atoms with Gasteiger partial charge in [0.15, 0.2) is 0 Å². The molecule has 5 rings (SSSR count). The van der Waals surface area contributed by atoms with E-state index in [-0.39, 0.29) is 0 Å². The SMILES string of the molecule is N#Cc1ccc(N(c2ccc(-c3ccncc3)cc2)c2ccc(-c3ccncc3)cc2)cc1C#N. The number of nitriles is 2. The summed E-state index contributed by atoms with van der Waals surface area (Å²) in [5.41, 5.74) is 7.72. The van der Waals surface area contributed by atoms with Gasteiger partial charge in [0.25, 0.3) is 0 Å². The van der Waals surface area contributed by atoms with Gasteiger partial charge in [0.05, 0.1) is 11.1 Å². The fourth-order valence-electron chi connectivity index (χ4n) is 4.00. The first-order valence-electron chi connectivity index (χ1n) is 11.0. The van der Waals surface area contributed by atoms with E-state index < -0.39 is 0 Å². The second-order valence-corrected chi connectivity index (χ2v) is 7.85. The zero-order valence-corrected chi connectivity index (χ0v) is 18.7. The van der Waals surface area contributed by atoms with Crippen LogP contribution in [-0.2, 0) is 0 Å². The molecular formula is C30H19N5. The third-order valence-electron chi connectivity index (χ3n) is 5.78. The van der Waals surface area contributed by atoms with Crippen molar-refractivity contribution in [2.24, 2.45) is 0 Å². The van der Waals surface area contributed by atoms with Gasteiger partial charge in [-0.3, -0.25) is 9.97 Å². The Hall–Kier alpha value is -5.26. The van der Waals surface area contributed by atoms with Crippen LogP contribution in [0.2, 0.25) is 0 Å². The Morgan fingerprint density at radius 3 is 1.29 bits per heavy atom. The van der Waals surface area contributed by atoms with E-state index in [1.807, 2.05) is 30.3 Å². The summed E-state index contributed by atoms with van der Waals surface area (Å²) in [6.07, 6.45) is 7.11.